The molecule has 2 aromatic rings. The molecule has 0 saturated carbocycles. The fraction of sp³-hybridized carbons (Fsp3) is 0.263. The zero-order chi connectivity index (χ0) is 18.1. The highest BCUT2D eigenvalue weighted by Crippen LogP contribution is 2.16. The average molecular weight is 344 g/mol. The predicted molar refractivity (Wildman–Crippen MR) is 92.3 cm³/mol. The van der Waals surface area contributed by atoms with E-state index in [1.807, 2.05) is 31.2 Å². The Kier molecular flexibility index (Phi) is 6.95. The second-order valence-electron chi connectivity index (χ2n) is 5.62. The molecule has 0 aliphatic carbocycles. The molecule has 2 aromatic carbocycles. The number of hydrogen-bond donors (Lipinski definition) is 2. The Bertz CT molecular complexity index is 717. The second-order valence-corrected chi connectivity index (χ2v) is 5.62. The lowest BCUT2D eigenvalue weighted by Crippen LogP contribution is -2.42. The molecule has 0 bridgehead atoms. The number of amides is 2. The van der Waals surface area contributed by atoms with Crippen LogP contribution in [0.1, 0.15) is 24.0 Å². The molecule has 2 rings (SSSR count). The van der Waals surface area contributed by atoms with Crippen LogP contribution in [0.25, 0.3) is 0 Å². The summed E-state index contributed by atoms with van der Waals surface area (Å²) in [5.41, 5.74) is 6.40. The summed E-state index contributed by atoms with van der Waals surface area (Å²) in [6.45, 7) is 2.38. The number of hydrogen-bond acceptors (Lipinski definition) is 3. The average Bonchev–Trinajstić information content (AvgIpc) is 2.60. The van der Waals surface area contributed by atoms with Gasteiger partial charge in [0.2, 0.25) is 11.8 Å². The lowest BCUT2D eigenvalue weighted by Gasteiger charge is -2.09. The third kappa shape index (κ3) is 6.63. The maximum absolute atomic E-state index is 12.8. The van der Waals surface area contributed by atoms with Crippen LogP contribution in [0.5, 0.6) is 5.75 Å². The van der Waals surface area contributed by atoms with E-state index in [1.165, 1.54) is 24.3 Å². The van der Waals surface area contributed by atoms with E-state index in [1.54, 1.807) is 0 Å². The van der Waals surface area contributed by atoms with E-state index in [2.05, 4.69) is 10.9 Å². The molecule has 0 saturated heterocycles. The van der Waals surface area contributed by atoms with Crippen molar-refractivity contribution in [3.8, 4) is 5.75 Å². The minimum atomic E-state index is -0.365. The van der Waals surface area contributed by atoms with Gasteiger partial charge in [-0.05, 0) is 42.7 Å². The molecule has 0 aromatic heterocycles. The van der Waals surface area contributed by atoms with Crippen molar-refractivity contribution in [2.45, 2.75) is 26.2 Å². The van der Waals surface area contributed by atoms with Gasteiger partial charge < -0.3 is 4.74 Å². The summed E-state index contributed by atoms with van der Waals surface area (Å²) >= 11 is 0. The van der Waals surface area contributed by atoms with Crippen LogP contribution in [0.4, 0.5) is 4.39 Å². The van der Waals surface area contributed by atoms with Crippen molar-refractivity contribution >= 4 is 11.8 Å². The lowest BCUT2D eigenvalue weighted by atomic mass is 10.1. The molecule has 0 atom stereocenters. The number of hydrazine groups is 1. The molecular weight excluding hydrogens is 323 g/mol. The number of carbonyl (C=O) groups excluding carboxylic acids is 2. The fourth-order valence-corrected chi connectivity index (χ4v) is 2.17. The molecule has 6 heteroatoms. The third-order valence-corrected chi connectivity index (χ3v) is 3.52. The molecule has 0 spiro atoms. The minimum absolute atomic E-state index is 0.0664. The van der Waals surface area contributed by atoms with Crippen LogP contribution in [-0.2, 0) is 16.0 Å². The Balaban J connectivity index is 1.61. The van der Waals surface area contributed by atoms with E-state index in [-0.39, 0.29) is 30.5 Å². The van der Waals surface area contributed by atoms with Gasteiger partial charge in [0.05, 0.1) is 13.0 Å². The van der Waals surface area contributed by atoms with E-state index in [0.717, 1.165) is 11.3 Å². The molecule has 0 aliphatic rings. The van der Waals surface area contributed by atoms with Gasteiger partial charge in [-0.2, -0.15) is 0 Å². The highest BCUT2D eigenvalue weighted by Gasteiger charge is 2.06. The summed E-state index contributed by atoms with van der Waals surface area (Å²) in [5, 5.41) is 0. The van der Waals surface area contributed by atoms with Gasteiger partial charge in [-0.15, -0.1) is 0 Å². The van der Waals surface area contributed by atoms with Crippen molar-refractivity contribution in [2.24, 2.45) is 0 Å². The van der Waals surface area contributed by atoms with Crippen LogP contribution in [-0.4, -0.2) is 18.4 Å². The highest BCUT2D eigenvalue weighted by molar-refractivity contribution is 5.83. The van der Waals surface area contributed by atoms with Crippen LogP contribution in [0.15, 0.2) is 48.5 Å². The predicted octanol–water partition coefficient (Wildman–Crippen LogP) is 2.68. The first kappa shape index (κ1) is 18.4. The summed E-state index contributed by atoms with van der Waals surface area (Å²) in [5.74, 6) is -0.210. The molecule has 132 valence electrons. The highest BCUT2D eigenvalue weighted by atomic mass is 19.1. The van der Waals surface area contributed by atoms with Crippen molar-refractivity contribution in [2.75, 3.05) is 6.61 Å². The van der Waals surface area contributed by atoms with Crippen molar-refractivity contribution in [1.82, 2.24) is 10.9 Å². The number of para-hydroxylation sites is 1. The molecule has 5 nitrogen and oxygen atoms in total. The standard InChI is InChI=1S/C19H21FN2O3/c1-14-5-2-3-6-17(14)25-12-4-7-18(23)21-22-19(24)13-15-8-10-16(20)11-9-15/h2-3,5-6,8-11H,4,7,12-13H2,1H3,(H,21,23)(H,22,24). The number of halogens is 1. The van der Waals surface area contributed by atoms with Crippen LogP contribution in [0.3, 0.4) is 0 Å². The molecule has 0 radical (unpaired) electrons. The fourth-order valence-electron chi connectivity index (χ4n) is 2.17. The Labute approximate surface area is 146 Å². The number of rotatable bonds is 7. The van der Waals surface area contributed by atoms with Gasteiger partial charge in [-0.1, -0.05) is 30.3 Å². The summed E-state index contributed by atoms with van der Waals surface area (Å²) in [6, 6.07) is 13.3. The minimum Gasteiger partial charge on any atom is -0.493 e. The first-order chi connectivity index (χ1) is 12.0. The van der Waals surface area contributed by atoms with E-state index < -0.39 is 0 Å². The first-order valence-electron chi connectivity index (χ1n) is 8.05. The monoisotopic (exact) mass is 344 g/mol. The van der Waals surface area contributed by atoms with Crippen molar-refractivity contribution < 1.29 is 18.7 Å². The van der Waals surface area contributed by atoms with Crippen LogP contribution < -0.4 is 15.6 Å². The summed E-state index contributed by atoms with van der Waals surface area (Å²) in [7, 11) is 0. The largest absolute Gasteiger partial charge is 0.493 e. The third-order valence-electron chi connectivity index (χ3n) is 3.52. The van der Waals surface area contributed by atoms with Gasteiger partial charge in [-0.3, -0.25) is 20.4 Å². The number of nitrogens with one attached hydrogen (secondary N) is 2. The smallest absolute Gasteiger partial charge is 0.242 e. The Hall–Kier alpha value is -2.89. The topological polar surface area (TPSA) is 67.4 Å². The molecule has 0 fully saturated rings. The van der Waals surface area contributed by atoms with E-state index in [4.69, 9.17) is 4.74 Å². The number of benzene rings is 2. The number of aryl methyl sites for hydroxylation is 1. The summed E-state index contributed by atoms with van der Waals surface area (Å²) < 4.78 is 18.4. The van der Waals surface area contributed by atoms with E-state index >= 15 is 0 Å². The first-order valence-corrected chi connectivity index (χ1v) is 8.05. The molecule has 0 aliphatic heterocycles. The van der Waals surface area contributed by atoms with Gasteiger partial charge in [0.15, 0.2) is 0 Å². The Morgan fingerprint density at radius 3 is 2.40 bits per heavy atom. The molecular formula is C19H21FN2O3. The van der Waals surface area contributed by atoms with E-state index in [0.29, 0.717) is 18.6 Å². The van der Waals surface area contributed by atoms with Gasteiger partial charge in [0.1, 0.15) is 11.6 Å². The van der Waals surface area contributed by atoms with Crippen LogP contribution in [0, 0.1) is 12.7 Å². The molecule has 2 N–H and O–H groups in total. The van der Waals surface area contributed by atoms with Crippen molar-refractivity contribution in [1.29, 1.82) is 0 Å². The summed E-state index contributed by atoms with van der Waals surface area (Å²) in [4.78, 5) is 23.4. The zero-order valence-electron chi connectivity index (χ0n) is 14.0. The quantitative estimate of drug-likeness (QED) is 0.599. The number of ether oxygens (including phenoxy) is 1. The van der Waals surface area contributed by atoms with E-state index in [9.17, 15) is 14.0 Å². The molecule has 25 heavy (non-hydrogen) atoms. The van der Waals surface area contributed by atoms with Gasteiger partial charge >= 0.3 is 0 Å². The maximum Gasteiger partial charge on any atom is 0.242 e. The second kappa shape index (κ2) is 9.42. The zero-order valence-corrected chi connectivity index (χ0v) is 14.0. The van der Waals surface area contributed by atoms with Gasteiger partial charge in [-0.25, -0.2) is 4.39 Å². The summed E-state index contributed by atoms with van der Waals surface area (Å²) in [6.07, 6.45) is 0.841. The van der Waals surface area contributed by atoms with Gasteiger partial charge in [0, 0.05) is 6.42 Å². The normalized spacial score (nSPS) is 10.2. The molecule has 2 amide bonds. The molecule has 0 heterocycles. The van der Waals surface area contributed by atoms with Crippen LogP contribution in [0.2, 0.25) is 0 Å². The number of carbonyl (C=O) groups is 2. The Morgan fingerprint density at radius 2 is 1.68 bits per heavy atom. The van der Waals surface area contributed by atoms with Gasteiger partial charge in [0.25, 0.3) is 0 Å². The lowest BCUT2D eigenvalue weighted by molar-refractivity contribution is -0.128. The maximum atomic E-state index is 12.8. The SMILES string of the molecule is Cc1ccccc1OCCCC(=O)NNC(=O)Cc1ccc(F)cc1. The van der Waals surface area contributed by atoms with Crippen molar-refractivity contribution in [3.63, 3.8) is 0 Å². The molecule has 0 unspecified atom stereocenters. The van der Waals surface area contributed by atoms with Crippen LogP contribution >= 0.6 is 0 Å². The Morgan fingerprint density at radius 1 is 1.00 bits per heavy atom. The van der Waals surface area contributed by atoms with Crippen molar-refractivity contribution in [3.05, 3.63) is 65.5 Å².